The van der Waals surface area contributed by atoms with E-state index in [0.29, 0.717) is 10.2 Å². The van der Waals surface area contributed by atoms with Crippen molar-refractivity contribution in [1.82, 2.24) is 0 Å². The van der Waals surface area contributed by atoms with Crippen LogP contribution in [-0.4, -0.2) is 5.91 Å². The van der Waals surface area contributed by atoms with E-state index in [9.17, 15) is 9.18 Å². The van der Waals surface area contributed by atoms with Gasteiger partial charge in [0, 0.05) is 12.1 Å². The number of carbonyl (C=O) groups is 1. The molecule has 0 radical (unpaired) electrons. The van der Waals surface area contributed by atoms with Crippen LogP contribution in [0.4, 0.5) is 10.1 Å². The largest absolute Gasteiger partial charge is 0.326 e. The zero-order chi connectivity index (χ0) is 10.6. The molecule has 4 heteroatoms. The summed E-state index contributed by atoms with van der Waals surface area (Å²) >= 11 is 3.03. The quantitative estimate of drug-likeness (QED) is 0.829. The number of anilines is 1. The van der Waals surface area contributed by atoms with E-state index in [-0.39, 0.29) is 18.1 Å². The van der Waals surface area contributed by atoms with Gasteiger partial charge in [0.15, 0.2) is 0 Å². The van der Waals surface area contributed by atoms with E-state index < -0.39 is 0 Å². The molecule has 1 rings (SSSR count). The van der Waals surface area contributed by atoms with Crippen molar-refractivity contribution in [3.05, 3.63) is 41.1 Å². The van der Waals surface area contributed by atoms with Crippen molar-refractivity contribution in [3.63, 3.8) is 0 Å². The molecule has 2 nitrogen and oxygen atoms in total. The van der Waals surface area contributed by atoms with Crippen molar-refractivity contribution in [2.45, 2.75) is 6.42 Å². The van der Waals surface area contributed by atoms with Crippen molar-refractivity contribution in [2.75, 3.05) is 5.32 Å². The third kappa shape index (κ3) is 2.96. The number of hydrogen-bond acceptors (Lipinski definition) is 1. The molecule has 0 aliphatic heterocycles. The molecule has 0 bridgehead atoms. The highest BCUT2D eigenvalue weighted by Crippen LogP contribution is 2.19. The third-order valence-electron chi connectivity index (χ3n) is 1.53. The molecule has 1 N–H and O–H groups in total. The van der Waals surface area contributed by atoms with Crippen LogP contribution in [0.3, 0.4) is 0 Å². The number of carbonyl (C=O) groups excluding carboxylic acids is 1. The van der Waals surface area contributed by atoms with Crippen molar-refractivity contribution < 1.29 is 9.18 Å². The number of amides is 1. The molecule has 14 heavy (non-hydrogen) atoms. The molecule has 1 amide bonds. The van der Waals surface area contributed by atoms with Crippen molar-refractivity contribution in [2.24, 2.45) is 0 Å². The van der Waals surface area contributed by atoms with Crippen LogP contribution in [0.15, 0.2) is 35.3 Å². The molecule has 0 saturated heterocycles. The van der Waals surface area contributed by atoms with E-state index in [1.165, 1.54) is 24.3 Å². The zero-order valence-electron chi connectivity index (χ0n) is 7.39. The lowest BCUT2D eigenvalue weighted by atomic mass is 10.3. The maximum absolute atomic E-state index is 12.8. The highest BCUT2D eigenvalue weighted by Gasteiger charge is 2.02. The van der Waals surface area contributed by atoms with Gasteiger partial charge in [0.25, 0.3) is 0 Å². The molecule has 74 valence electrons. The second-order valence-corrected chi connectivity index (χ2v) is 3.52. The van der Waals surface area contributed by atoms with Crippen LogP contribution < -0.4 is 5.32 Å². The van der Waals surface area contributed by atoms with Gasteiger partial charge < -0.3 is 5.32 Å². The first kappa shape index (κ1) is 10.9. The molecule has 0 fully saturated rings. The second-order valence-electron chi connectivity index (χ2n) is 2.67. The minimum atomic E-state index is -0.355. The summed E-state index contributed by atoms with van der Waals surface area (Å²) < 4.78 is 13.1. The number of hydrogen-bond donors (Lipinski definition) is 1. The first-order valence-corrected chi connectivity index (χ1v) is 4.78. The summed E-state index contributed by atoms with van der Waals surface area (Å²) in [5, 5.41) is 2.60. The Hall–Kier alpha value is -1.16. The predicted molar refractivity (Wildman–Crippen MR) is 57.5 cm³/mol. The van der Waals surface area contributed by atoms with Gasteiger partial charge in [-0.1, -0.05) is 6.08 Å². The molecular weight excluding hydrogens is 249 g/mol. The van der Waals surface area contributed by atoms with Gasteiger partial charge in [-0.05, 0) is 34.1 Å². The van der Waals surface area contributed by atoms with Crippen LogP contribution in [-0.2, 0) is 4.79 Å². The zero-order valence-corrected chi connectivity index (χ0v) is 8.97. The summed E-state index contributed by atoms with van der Waals surface area (Å²) in [5.41, 5.74) is 0.560. The molecule has 1 aromatic rings. The van der Waals surface area contributed by atoms with Gasteiger partial charge in [0.2, 0.25) is 5.91 Å². The number of nitrogens with one attached hydrogen (secondary N) is 1. The molecule has 0 unspecified atom stereocenters. The summed E-state index contributed by atoms with van der Waals surface area (Å²) in [6.45, 7) is 3.44. The standard InChI is InChI=1S/C10H9BrFNO/c1-2-3-10(14)13-7-4-5-9(12)8(11)6-7/h2,4-6H,1,3H2,(H,13,14). The van der Waals surface area contributed by atoms with Crippen molar-refractivity contribution >= 4 is 27.5 Å². The number of halogens is 2. The van der Waals surface area contributed by atoms with Crippen LogP contribution in [0.2, 0.25) is 0 Å². The SMILES string of the molecule is C=CCC(=O)Nc1ccc(F)c(Br)c1. The van der Waals surface area contributed by atoms with E-state index >= 15 is 0 Å². The van der Waals surface area contributed by atoms with Crippen LogP contribution in [0, 0.1) is 5.82 Å². The van der Waals surface area contributed by atoms with Crippen molar-refractivity contribution in [1.29, 1.82) is 0 Å². The number of benzene rings is 1. The van der Waals surface area contributed by atoms with E-state index in [1.54, 1.807) is 0 Å². The van der Waals surface area contributed by atoms with Gasteiger partial charge in [-0.2, -0.15) is 0 Å². The molecule has 0 spiro atoms. The van der Waals surface area contributed by atoms with Gasteiger partial charge in [0.05, 0.1) is 4.47 Å². The fourth-order valence-electron chi connectivity index (χ4n) is 0.917. The normalized spacial score (nSPS) is 9.57. The van der Waals surface area contributed by atoms with E-state index in [2.05, 4.69) is 27.8 Å². The lowest BCUT2D eigenvalue weighted by molar-refractivity contribution is -0.115. The average molecular weight is 258 g/mol. The topological polar surface area (TPSA) is 29.1 Å². The molecule has 0 saturated carbocycles. The van der Waals surface area contributed by atoms with E-state index in [4.69, 9.17) is 0 Å². The summed E-state index contributed by atoms with van der Waals surface area (Å²) in [7, 11) is 0. The first-order chi connectivity index (χ1) is 6.63. The van der Waals surface area contributed by atoms with Crippen LogP contribution >= 0.6 is 15.9 Å². The van der Waals surface area contributed by atoms with Gasteiger partial charge in [0.1, 0.15) is 5.82 Å². The van der Waals surface area contributed by atoms with Crippen LogP contribution in [0.25, 0.3) is 0 Å². The Kier molecular flexibility index (Phi) is 3.83. The summed E-state index contributed by atoms with van der Waals surface area (Å²) in [4.78, 5) is 11.1. The maximum atomic E-state index is 12.8. The lowest BCUT2D eigenvalue weighted by Gasteiger charge is -2.03. The summed E-state index contributed by atoms with van der Waals surface area (Å²) in [5.74, 6) is -0.523. The molecule has 0 heterocycles. The van der Waals surface area contributed by atoms with Gasteiger partial charge in [-0.15, -0.1) is 6.58 Å². The van der Waals surface area contributed by atoms with Gasteiger partial charge >= 0.3 is 0 Å². The van der Waals surface area contributed by atoms with Crippen molar-refractivity contribution in [3.8, 4) is 0 Å². The Balaban J connectivity index is 2.72. The lowest BCUT2D eigenvalue weighted by Crippen LogP contribution is -2.09. The molecule has 0 atom stereocenters. The smallest absolute Gasteiger partial charge is 0.228 e. The average Bonchev–Trinajstić information content (AvgIpc) is 2.12. The molecule has 0 aliphatic carbocycles. The highest BCUT2D eigenvalue weighted by atomic mass is 79.9. The molecule has 1 aromatic carbocycles. The molecule has 0 aromatic heterocycles. The van der Waals surface area contributed by atoms with E-state index in [0.717, 1.165) is 0 Å². The highest BCUT2D eigenvalue weighted by molar-refractivity contribution is 9.10. The third-order valence-corrected chi connectivity index (χ3v) is 2.14. The second kappa shape index (κ2) is 4.91. The molecule has 0 aliphatic rings. The summed E-state index contributed by atoms with van der Waals surface area (Å²) in [6, 6.07) is 4.30. The summed E-state index contributed by atoms with van der Waals surface area (Å²) in [6.07, 6.45) is 1.75. The Labute approximate surface area is 89.9 Å². The van der Waals surface area contributed by atoms with E-state index in [1.807, 2.05) is 0 Å². The molecular formula is C10H9BrFNO. The van der Waals surface area contributed by atoms with Crippen LogP contribution in [0.1, 0.15) is 6.42 Å². The number of rotatable bonds is 3. The Morgan fingerprint density at radius 1 is 1.64 bits per heavy atom. The van der Waals surface area contributed by atoms with Gasteiger partial charge in [-0.3, -0.25) is 4.79 Å². The monoisotopic (exact) mass is 257 g/mol. The Bertz CT molecular complexity index is 365. The Morgan fingerprint density at radius 3 is 2.93 bits per heavy atom. The first-order valence-electron chi connectivity index (χ1n) is 3.99. The fraction of sp³-hybridized carbons (Fsp3) is 0.100. The van der Waals surface area contributed by atoms with Crippen LogP contribution in [0.5, 0.6) is 0 Å². The predicted octanol–water partition coefficient (Wildman–Crippen LogP) is 3.10. The Morgan fingerprint density at radius 2 is 2.36 bits per heavy atom. The minimum Gasteiger partial charge on any atom is -0.326 e. The fourth-order valence-corrected chi connectivity index (χ4v) is 1.30. The minimum absolute atomic E-state index is 0.168. The maximum Gasteiger partial charge on any atom is 0.228 e. The van der Waals surface area contributed by atoms with Gasteiger partial charge in [-0.25, -0.2) is 4.39 Å².